The van der Waals surface area contributed by atoms with Crippen LogP contribution in [0, 0.1) is 0 Å². The van der Waals surface area contributed by atoms with Crippen LogP contribution in [0.3, 0.4) is 0 Å². The van der Waals surface area contributed by atoms with Gasteiger partial charge in [0.2, 0.25) is 5.91 Å². The van der Waals surface area contributed by atoms with Gasteiger partial charge in [-0.05, 0) is 24.3 Å². The molecule has 2 aromatic rings. The second-order valence-electron chi connectivity index (χ2n) is 3.83. The standard InChI is InChI=1S/C11H13N5O3/c1-19-8-4-2-7(3-5-8)10-14-15(6-9(12)17)11(18)16(10)13/h2-5H,6,13H2,1H3,(H2,12,17). The molecule has 0 fully saturated rings. The third kappa shape index (κ3) is 2.41. The molecule has 19 heavy (non-hydrogen) atoms. The summed E-state index contributed by atoms with van der Waals surface area (Å²) in [6.07, 6.45) is 0. The van der Waals surface area contributed by atoms with Crippen LogP contribution < -0.4 is 22.0 Å². The number of hydrogen-bond donors (Lipinski definition) is 2. The first-order chi connectivity index (χ1) is 9.02. The molecule has 8 nitrogen and oxygen atoms in total. The normalized spacial score (nSPS) is 10.4. The van der Waals surface area contributed by atoms with Gasteiger partial charge in [0.25, 0.3) is 0 Å². The zero-order valence-corrected chi connectivity index (χ0v) is 10.2. The van der Waals surface area contributed by atoms with Crippen molar-refractivity contribution < 1.29 is 9.53 Å². The lowest BCUT2D eigenvalue weighted by atomic mass is 10.2. The molecule has 0 aliphatic heterocycles. The first kappa shape index (κ1) is 12.7. The maximum absolute atomic E-state index is 11.7. The fraction of sp³-hybridized carbons (Fsp3) is 0.182. The van der Waals surface area contributed by atoms with Gasteiger partial charge in [-0.3, -0.25) is 4.79 Å². The lowest BCUT2D eigenvalue weighted by Crippen LogP contribution is -2.33. The SMILES string of the molecule is COc1ccc(-c2nn(CC(N)=O)c(=O)n2N)cc1. The third-order valence-electron chi connectivity index (χ3n) is 2.52. The van der Waals surface area contributed by atoms with Gasteiger partial charge in [-0.25, -0.2) is 9.48 Å². The van der Waals surface area contributed by atoms with Crippen LogP contribution in [0.2, 0.25) is 0 Å². The van der Waals surface area contributed by atoms with E-state index in [9.17, 15) is 9.59 Å². The molecule has 0 aliphatic rings. The van der Waals surface area contributed by atoms with Crippen LogP contribution in [-0.4, -0.2) is 27.5 Å². The number of rotatable bonds is 4. The first-order valence-corrected chi connectivity index (χ1v) is 5.40. The number of nitrogen functional groups attached to an aromatic ring is 1. The van der Waals surface area contributed by atoms with Gasteiger partial charge in [0.15, 0.2) is 5.82 Å². The van der Waals surface area contributed by atoms with E-state index in [0.717, 1.165) is 9.36 Å². The Labute approximate surface area is 108 Å². The Morgan fingerprint density at radius 1 is 1.37 bits per heavy atom. The van der Waals surface area contributed by atoms with E-state index in [-0.39, 0.29) is 12.4 Å². The van der Waals surface area contributed by atoms with E-state index >= 15 is 0 Å². The van der Waals surface area contributed by atoms with Gasteiger partial charge in [0.05, 0.1) is 7.11 Å². The molecule has 1 aromatic heterocycles. The minimum Gasteiger partial charge on any atom is -0.497 e. The maximum atomic E-state index is 11.7. The Morgan fingerprint density at radius 3 is 2.53 bits per heavy atom. The van der Waals surface area contributed by atoms with Crippen molar-refractivity contribution in [2.75, 3.05) is 13.0 Å². The summed E-state index contributed by atoms with van der Waals surface area (Å²) >= 11 is 0. The summed E-state index contributed by atoms with van der Waals surface area (Å²) < 4.78 is 6.81. The quantitative estimate of drug-likeness (QED) is 0.680. The van der Waals surface area contributed by atoms with Crippen LogP contribution in [-0.2, 0) is 11.3 Å². The van der Waals surface area contributed by atoms with Crippen molar-refractivity contribution in [1.29, 1.82) is 0 Å². The number of nitrogens with zero attached hydrogens (tertiary/aromatic N) is 3. The van der Waals surface area contributed by atoms with Crippen molar-refractivity contribution in [3.8, 4) is 17.1 Å². The molecule has 4 N–H and O–H groups in total. The van der Waals surface area contributed by atoms with Crippen molar-refractivity contribution in [2.45, 2.75) is 6.54 Å². The molecule has 0 bridgehead atoms. The van der Waals surface area contributed by atoms with Gasteiger partial charge in [-0.1, -0.05) is 0 Å². The molecule has 8 heteroatoms. The fourth-order valence-corrected chi connectivity index (χ4v) is 1.61. The molecule has 0 aliphatic carbocycles. The number of hydrogen-bond acceptors (Lipinski definition) is 5. The fourth-order valence-electron chi connectivity index (χ4n) is 1.61. The third-order valence-corrected chi connectivity index (χ3v) is 2.52. The predicted octanol–water partition coefficient (Wildman–Crippen LogP) is -1.08. The molecule has 0 unspecified atom stereocenters. The molecule has 100 valence electrons. The Morgan fingerprint density at radius 2 is 2.00 bits per heavy atom. The molecule has 2 rings (SSSR count). The number of carbonyl (C=O) groups excluding carboxylic acids is 1. The van der Waals surface area contributed by atoms with Gasteiger partial charge in [-0.15, -0.1) is 5.10 Å². The van der Waals surface area contributed by atoms with Crippen molar-refractivity contribution in [2.24, 2.45) is 5.73 Å². The van der Waals surface area contributed by atoms with Crippen molar-refractivity contribution in [3.05, 3.63) is 34.7 Å². The number of primary amides is 1. The zero-order valence-electron chi connectivity index (χ0n) is 10.2. The molecule has 0 saturated carbocycles. The van der Waals surface area contributed by atoms with Crippen molar-refractivity contribution in [3.63, 3.8) is 0 Å². The molecule has 1 amide bonds. The Kier molecular flexibility index (Phi) is 3.23. The van der Waals surface area contributed by atoms with Gasteiger partial charge < -0.3 is 16.3 Å². The minimum absolute atomic E-state index is 0.244. The monoisotopic (exact) mass is 263 g/mol. The van der Waals surface area contributed by atoms with Crippen LogP contribution in [0.25, 0.3) is 11.4 Å². The average Bonchev–Trinajstić information content (AvgIpc) is 2.67. The highest BCUT2D eigenvalue weighted by molar-refractivity contribution is 5.73. The summed E-state index contributed by atoms with van der Waals surface area (Å²) in [7, 11) is 1.55. The van der Waals surface area contributed by atoms with Crippen LogP contribution in [0.15, 0.2) is 29.1 Å². The Hall–Kier alpha value is -2.77. The second kappa shape index (κ2) is 4.84. The molecule has 1 heterocycles. The van der Waals surface area contributed by atoms with Gasteiger partial charge >= 0.3 is 5.69 Å². The number of nitrogens with two attached hydrogens (primary N) is 2. The summed E-state index contributed by atoms with van der Waals surface area (Å²) in [5.74, 6) is 5.87. The minimum atomic E-state index is -0.665. The van der Waals surface area contributed by atoms with Crippen LogP contribution in [0.4, 0.5) is 0 Å². The van der Waals surface area contributed by atoms with Crippen LogP contribution in [0.1, 0.15) is 0 Å². The Bertz CT molecular complexity index is 656. The summed E-state index contributed by atoms with van der Waals surface area (Å²) in [6, 6.07) is 6.84. The van der Waals surface area contributed by atoms with Gasteiger partial charge in [0, 0.05) is 5.56 Å². The van der Waals surface area contributed by atoms with Crippen LogP contribution >= 0.6 is 0 Å². The smallest absolute Gasteiger partial charge is 0.365 e. The highest BCUT2D eigenvalue weighted by Crippen LogP contribution is 2.18. The largest absolute Gasteiger partial charge is 0.497 e. The highest BCUT2D eigenvalue weighted by Gasteiger charge is 2.14. The predicted molar refractivity (Wildman–Crippen MR) is 67.8 cm³/mol. The average molecular weight is 263 g/mol. The molecule has 0 radical (unpaired) electrons. The zero-order chi connectivity index (χ0) is 14.0. The van der Waals surface area contributed by atoms with Crippen molar-refractivity contribution >= 4 is 5.91 Å². The van der Waals surface area contributed by atoms with E-state index < -0.39 is 11.6 Å². The van der Waals surface area contributed by atoms with E-state index in [1.165, 1.54) is 0 Å². The molecule has 1 aromatic carbocycles. The molecule has 0 saturated heterocycles. The number of methoxy groups -OCH3 is 1. The van der Waals surface area contributed by atoms with Crippen molar-refractivity contribution in [1.82, 2.24) is 14.5 Å². The van der Waals surface area contributed by atoms with E-state index in [0.29, 0.717) is 11.3 Å². The number of ether oxygens (including phenoxy) is 1. The Balaban J connectivity index is 2.44. The van der Waals surface area contributed by atoms with Gasteiger partial charge in [-0.2, -0.15) is 4.68 Å². The summed E-state index contributed by atoms with van der Waals surface area (Å²) in [6.45, 7) is -0.313. The number of aromatic nitrogens is 3. The second-order valence-corrected chi connectivity index (χ2v) is 3.83. The van der Waals surface area contributed by atoms with E-state index in [4.69, 9.17) is 16.3 Å². The number of carbonyl (C=O) groups is 1. The maximum Gasteiger partial charge on any atom is 0.365 e. The number of amides is 1. The van der Waals surface area contributed by atoms with Crippen LogP contribution in [0.5, 0.6) is 5.75 Å². The first-order valence-electron chi connectivity index (χ1n) is 5.40. The van der Waals surface area contributed by atoms with E-state index in [2.05, 4.69) is 5.10 Å². The molecular formula is C11H13N5O3. The molecule has 0 spiro atoms. The highest BCUT2D eigenvalue weighted by atomic mass is 16.5. The van der Waals surface area contributed by atoms with E-state index in [1.807, 2.05) is 0 Å². The summed E-state index contributed by atoms with van der Waals surface area (Å²) in [4.78, 5) is 22.5. The molecule has 0 atom stereocenters. The van der Waals surface area contributed by atoms with Gasteiger partial charge in [0.1, 0.15) is 12.3 Å². The lowest BCUT2D eigenvalue weighted by Gasteiger charge is -2.01. The van der Waals surface area contributed by atoms with E-state index in [1.54, 1.807) is 31.4 Å². The topological polar surface area (TPSA) is 118 Å². The lowest BCUT2D eigenvalue weighted by molar-refractivity contribution is -0.118. The summed E-state index contributed by atoms with van der Waals surface area (Å²) in [5.41, 5.74) is 5.05. The summed E-state index contributed by atoms with van der Waals surface area (Å²) in [5, 5.41) is 3.98. The number of benzene rings is 1. The molecular weight excluding hydrogens is 250 g/mol.